The van der Waals surface area contributed by atoms with Crippen molar-refractivity contribution in [2.24, 2.45) is 0 Å². The molecule has 1 atom stereocenters. The minimum absolute atomic E-state index is 0.0796. The van der Waals surface area contributed by atoms with Crippen molar-refractivity contribution in [3.63, 3.8) is 0 Å². The molecular weight excluding hydrogens is 244 g/mol. The zero-order valence-corrected chi connectivity index (χ0v) is 11.8. The molecule has 0 aliphatic heterocycles. The molecule has 19 heavy (non-hydrogen) atoms. The number of alkyl carbamates (subject to hydrolysis) is 1. The number of rotatable bonds is 4. The van der Waals surface area contributed by atoms with Crippen molar-refractivity contribution in [1.82, 2.24) is 5.32 Å². The fraction of sp³-hybridized carbons (Fsp3) is 0.571. The molecule has 5 nitrogen and oxygen atoms in total. The lowest BCUT2D eigenvalue weighted by atomic mass is 10.1. The molecule has 0 aromatic rings. The first kappa shape index (κ1) is 15.1. The predicted molar refractivity (Wildman–Crippen MR) is 71.2 cm³/mol. The topological polar surface area (TPSA) is 71.3 Å². The summed E-state index contributed by atoms with van der Waals surface area (Å²) in [5, 5.41) is 11.7. The van der Waals surface area contributed by atoms with Gasteiger partial charge in [-0.2, -0.15) is 5.26 Å². The number of allylic oxidation sites excluding steroid dienone is 3. The molecule has 1 N–H and O–H groups in total. The van der Waals surface area contributed by atoms with E-state index in [0.29, 0.717) is 6.42 Å². The second-order valence-electron chi connectivity index (χ2n) is 5.62. The van der Waals surface area contributed by atoms with Gasteiger partial charge in [-0.25, -0.2) is 4.79 Å². The van der Waals surface area contributed by atoms with E-state index in [1.54, 1.807) is 27.7 Å². The molecule has 1 rings (SSSR count). The molecule has 0 saturated heterocycles. The number of amides is 1. The van der Waals surface area contributed by atoms with Crippen LogP contribution in [0.15, 0.2) is 24.0 Å². The molecule has 1 aliphatic carbocycles. The van der Waals surface area contributed by atoms with Crippen molar-refractivity contribution in [3.05, 3.63) is 24.0 Å². The molecule has 1 aliphatic rings. The Bertz CT molecular complexity index is 441. The second-order valence-corrected chi connectivity index (χ2v) is 5.62. The molecule has 5 heteroatoms. The zero-order chi connectivity index (χ0) is 14.5. The quantitative estimate of drug-likeness (QED) is 0.847. The fourth-order valence-electron chi connectivity index (χ4n) is 1.40. The number of nitrogens with zero attached hydrogens (tertiary/aromatic N) is 1. The minimum atomic E-state index is -1.12. The first-order valence-corrected chi connectivity index (χ1v) is 6.15. The molecule has 0 aromatic carbocycles. The van der Waals surface area contributed by atoms with Crippen molar-refractivity contribution in [1.29, 1.82) is 5.26 Å². The maximum atomic E-state index is 11.7. The largest absolute Gasteiger partial charge is 0.494 e. The van der Waals surface area contributed by atoms with E-state index in [4.69, 9.17) is 9.47 Å². The summed E-state index contributed by atoms with van der Waals surface area (Å²) in [4.78, 5) is 11.7. The maximum Gasteiger partial charge on any atom is 0.409 e. The van der Waals surface area contributed by atoms with Crippen LogP contribution in [0.4, 0.5) is 4.79 Å². The van der Waals surface area contributed by atoms with Crippen LogP contribution in [0.2, 0.25) is 0 Å². The standard InChI is InChI=1S/C14H20N2O3/c1-13(2,3)19-12(17)16-14(4,9-15)10-18-11-7-5-6-8-11/h5-7H,8,10H2,1-4H3,(H,16,17). The molecule has 0 aromatic heterocycles. The van der Waals surface area contributed by atoms with E-state index in [1.165, 1.54) is 0 Å². The van der Waals surface area contributed by atoms with Crippen molar-refractivity contribution >= 4 is 6.09 Å². The van der Waals surface area contributed by atoms with Crippen LogP contribution in [-0.2, 0) is 9.47 Å². The highest BCUT2D eigenvalue weighted by Gasteiger charge is 2.30. The summed E-state index contributed by atoms with van der Waals surface area (Å²) in [6.07, 6.45) is 5.78. The van der Waals surface area contributed by atoms with Crippen LogP contribution in [0.1, 0.15) is 34.1 Å². The van der Waals surface area contributed by atoms with Gasteiger partial charge in [-0.3, -0.25) is 5.32 Å². The molecule has 1 unspecified atom stereocenters. The third-order valence-electron chi connectivity index (χ3n) is 2.31. The smallest absolute Gasteiger partial charge is 0.409 e. The lowest BCUT2D eigenvalue weighted by Gasteiger charge is -2.26. The highest BCUT2D eigenvalue weighted by molar-refractivity contribution is 5.69. The van der Waals surface area contributed by atoms with Crippen LogP contribution in [0.5, 0.6) is 0 Å². The van der Waals surface area contributed by atoms with Crippen LogP contribution in [0, 0.1) is 11.3 Å². The van der Waals surface area contributed by atoms with Gasteiger partial charge in [-0.1, -0.05) is 12.2 Å². The summed E-state index contributed by atoms with van der Waals surface area (Å²) >= 11 is 0. The third kappa shape index (κ3) is 5.47. The Kier molecular flexibility index (Phi) is 4.60. The van der Waals surface area contributed by atoms with E-state index in [9.17, 15) is 10.1 Å². The zero-order valence-electron chi connectivity index (χ0n) is 11.8. The van der Waals surface area contributed by atoms with Crippen LogP contribution in [-0.4, -0.2) is 23.8 Å². The van der Waals surface area contributed by atoms with Gasteiger partial charge in [-0.15, -0.1) is 0 Å². The van der Waals surface area contributed by atoms with Gasteiger partial charge < -0.3 is 9.47 Å². The van der Waals surface area contributed by atoms with E-state index in [1.807, 2.05) is 24.3 Å². The van der Waals surface area contributed by atoms with Crippen molar-refractivity contribution < 1.29 is 14.3 Å². The Morgan fingerprint density at radius 2 is 2.16 bits per heavy atom. The highest BCUT2D eigenvalue weighted by Crippen LogP contribution is 2.15. The van der Waals surface area contributed by atoms with Gasteiger partial charge in [-0.05, 0) is 33.8 Å². The number of ether oxygens (including phenoxy) is 2. The van der Waals surface area contributed by atoms with Gasteiger partial charge in [0.05, 0.1) is 11.8 Å². The maximum absolute atomic E-state index is 11.7. The summed E-state index contributed by atoms with van der Waals surface area (Å²) in [5.41, 5.74) is -1.72. The SMILES string of the molecule is CC(C#N)(COC1=CC=CC1)NC(=O)OC(C)(C)C. The fourth-order valence-corrected chi connectivity index (χ4v) is 1.40. The number of carbonyl (C=O) groups is 1. The molecule has 0 bridgehead atoms. The van der Waals surface area contributed by atoms with Gasteiger partial charge in [0.2, 0.25) is 0 Å². The predicted octanol–water partition coefficient (Wildman–Crippen LogP) is 2.65. The summed E-state index contributed by atoms with van der Waals surface area (Å²) in [6, 6.07) is 2.03. The molecule has 0 spiro atoms. The number of hydrogen-bond donors (Lipinski definition) is 1. The Balaban J connectivity index is 2.50. The number of nitriles is 1. The summed E-state index contributed by atoms with van der Waals surface area (Å²) in [7, 11) is 0. The van der Waals surface area contributed by atoms with E-state index in [2.05, 4.69) is 5.32 Å². The molecule has 0 saturated carbocycles. The molecule has 104 valence electrons. The Morgan fingerprint density at radius 3 is 2.63 bits per heavy atom. The Morgan fingerprint density at radius 1 is 1.47 bits per heavy atom. The van der Waals surface area contributed by atoms with Crippen LogP contribution >= 0.6 is 0 Å². The first-order valence-electron chi connectivity index (χ1n) is 6.15. The second kappa shape index (κ2) is 5.79. The number of nitrogens with one attached hydrogen (secondary N) is 1. The van der Waals surface area contributed by atoms with Gasteiger partial charge in [0.25, 0.3) is 0 Å². The average Bonchev–Trinajstić information content (AvgIpc) is 2.76. The molecular formula is C14H20N2O3. The Labute approximate surface area is 113 Å². The summed E-state index contributed by atoms with van der Waals surface area (Å²) < 4.78 is 10.6. The van der Waals surface area contributed by atoms with Crippen molar-refractivity contribution in [2.45, 2.75) is 45.3 Å². The summed E-state index contributed by atoms with van der Waals surface area (Å²) in [6.45, 7) is 6.97. The van der Waals surface area contributed by atoms with Crippen molar-refractivity contribution in [2.75, 3.05) is 6.61 Å². The van der Waals surface area contributed by atoms with Gasteiger partial charge in [0, 0.05) is 6.42 Å². The van der Waals surface area contributed by atoms with E-state index in [0.717, 1.165) is 5.76 Å². The lowest BCUT2D eigenvalue weighted by molar-refractivity contribution is 0.0440. The average molecular weight is 264 g/mol. The van der Waals surface area contributed by atoms with Crippen LogP contribution in [0.25, 0.3) is 0 Å². The summed E-state index contributed by atoms with van der Waals surface area (Å²) in [5.74, 6) is 0.785. The van der Waals surface area contributed by atoms with Gasteiger partial charge >= 0.3 is 6.09 Å². The Hall–Kier alpha value is -1.96. The van der Waals surface area contributed by atoms with Crippen molar-refractivity contribution in [3.8, 4) is 6.07 Å². The minimum Gasteiger partial charge on any atom is -0.494 e. The third-order valence-corrected chi connectivity index (χ3v) is 2.31. The van der Waals surface area contributed by atoms with Gasteiger partial charge in [0.15, 0.2) is 5.54 Å². The first-order chi connectivity index (χ1) is 8.74. The van der Waals surface area contributed by atoms with E-state index in [-0.39, 0.29) is 6.61 Å². The monoisotopic (exact) mass is 264 g/mol. The lowest BCUT2D eigenvalue weighted by Crippen LogP contribution is -2.50. The molecule has 0 fully saturated rings. The normalized spacial score (nSPS) is 17.1. The highest BCUT2D eigenvalue weighted by atomic mass is 16.6. The van der Waals surface area contributed by atoms with Crippen LogP contribution < -0.4 is 5.32 Å². The van der Waals surface area contributed by atoms with Crippen LogP contribution in [0.3, 0.4) is 0 Å². The number of carbonyl (C=O) groups excluding carboxylic acids is 1. The number of hydrogen-bond acceptors (Lipinski definition) is 4. The van der Waals surface area contributed by atoms with Gasteiger partial charge in [0.1, 0.15) is 12.2 Å². The van der Waals surface area contributed by atoms with E-state index >= 15 is 0 Å². The molecule has 1 amide bonds. The van der Waals surface area contributed by atoms with E-state index < -0.39 is 17.2 Å². The molecule has 0 heterocycles. The molecule has 0 radical (unpaired) electrons.